The molecule has 1 aromatic carbocycles. The summed E-state index contributed by atoms with van der Waals surface area (Å²) in [5.41, 5.74) is 1.36. The van der Waals surface area contributed by atoms with Crippen LogP contribution < -0.4 is 5.32 Å². The fraction of sp³-hybridized carbons (Fsp3) is 0.353. The second-order valence-corrected chi connectivity index (χ2v) is 7.15. The van der Waals surface area contributed by atoms with Crippen LogP contribution >= 0.6 is 27.5 Å². The summed E-state index contributed by atoms with van der Waals surface area (Å²) in [4.78, 5) is 6.87. The van der Waals surface area contributed by atoms with Gasteiger partial charge in [-0.15, -0.1) is 0 Å². The van der Waals surface area contributed by atoms with Crippen LogP contribution in [0.3, 0.4) is 0 Å². The second kappa shape index (κ2) is 6.99. The number of anilines is 1. The standard InChI is InChI=1S/C17H19BrClN3/c1-12-7-15(21-17-16(19)8-14(18)9-20-17)11-22(12)10-13-5-3-2-4-6-13/h2-6,8-9,12,15H,7,10-11H2,1H3,(H,20,21). The van der Waals surface area contributed by atoms with Crippen LogP contribution in [-0.2, 0) is 6.54 Å². The van der Waals surface area contributed by atoms with Crippen molar-refractivity contribution in [2.75, 3.05) is 11.9 Å². The van der Waals surface area contributed by atoms with E-state index in [0.717, 1.165) is 29.8 Å². The number of halogens is 2. The molecule has 3 nitrogen and oxygen atoms in total. The normalized spacial score (nSPS) is 22.0. The Kier molecular flexibility index (Phi) is 5.01. The van der Waals surface area contributed by atoms with Gasteiger partial charge in [-0.05, 0) is 40.9 Å². The maximum Gasteiger partial charge on any atom is 0.145 e. The van der Waals surface area contributed by atoms with Gasteiger partial charge in [0.15, 0.2) is 0 Å². The summed E-state index contributed by atoms with van der Waals surface area (Å²) in [5.74, 6) is 0.767. The van der Waals surface area contributed by atoms with Crippen LogP contribution in [0.5, 0.6) is 0 Å². The maximum atomic E-state index is 6.24. The number of likely N-dealkylation sites (tertiary alicyclic amines) is 1. The van der Waals surface area contributed by atoms with Crippen molar-refractivity contribution in [3.8, 4) is 0 Å². The van der Waals surface area contributed by atoms with Crippen LogP contribution in [0.1, 0.15) is 18.9 Å². The first-order chi connectivity index (χ1) is 10.6. The molecule has 2 unspecified atom stereocenters. The van der Waals surface area contributed by atoms with Gasteiger partial charge in [0.2, 0.25) is 0 Å². The van der Waals surface area contributed by atoms with Gasteiger partial charge < -0.3 is 5.32 Å². The number of nitrogens with one attached hydrogen (secondary N) is 1. The van der Waals surface area contributed by atoms with Gasteiger partial charge in [-0.2, -0.15) is 0 Å². The summed E-state index contributed by atoms with van der Waals surface area (Å²) in [7, 11) is 0. The first-order valence-corrected chi connectivity index (χ1v) is 8.64. The van der Waals surface area contributed by atoms with E-state index in [2.05, 4.69) is 68.4 Å². The highest BCUT2D eigenvalue weighted by atomic mass is 79.9. The molecule has 1 N–H and O–H groups in total. The Morgan fingerprint density at radius 1 is 1.36 bits per heavy atom. The molecule has 3 rings (SSSR count). The molecule has 2 atom stereocenters. The molecule has 0 radical (unpaired) electrons. The van der Waals surface area contributed by atoms with Crippen molar-refractivity contribution in [1.82, 2.24) is 9.88 Å². The third-order valence-corrected chi connectivity index (χ3v) is 4.80. The Balaban J connectivity index is 1.63. The molecule has 0 saturated carbocycles. The van der Waals surface area contributed by atoms with Crippen LogP contribution in [0.25, 0.3) is 0 Å². The van der Waals surface area contributed by atoms with Crippen molar-refractivity contribution in [3.63, 3.8) is 0 Å². The third-order valence-electron chi connectivity index (χ3n) is 4.08. The number of aromatic nitrogens is 1. The van der Waals surface area contributed by atoms with E-state index in [-0.39, 0.29) is 0 Å². The molecule has 1 aliphatic rings. The number of hydrogen-bond acceptors (Lipinski definition) is 3. The summed E-state index contributed by atoms with van der Waals surface area (Å²) >= 11 is 9.62. The molecule has 2 heterocycles. The molecular formula is C17H19BrClN3. The molecule has 2 aromatic rings. The largest absolute Gasteiger partial charge is 0.365 e. The van der Waals surface area contributed by atoms with Gasteiger partial charge in [-0.1, -0.05) is 41.9 Å². The fourth-order valence-electron chi connectivity index (χ4n) is 2.96. The molecule has 116 valence electrons. The number of hydrogen-bond donors (Lipinski definition) is 1. The number of nitrogens with zero attached hydrogens (tertiary/aromatic N) is 2. The summed E-state index contributed by atoms with van der Waals surface area (Å²) < 4.78 is 0.897. The highest BCUT2D eigenvalue weighted by molar-refractivity contribution is 9.10. The Morgan fingerprint density at radius 2 is 2.14 bits per heavy atom. The van der Waals surface area contributed by atoms with Gasteiger partial charge in [0, 0.05) is 35.8 Å². The summed E-state index contributed by atoms with van der Waals surface area (Å²) in [6.45, 7) is 4.27. The zero-order valence-electron chi connectivity index (χ0n) is 12.5. The number of benzene rings is 1. The summed E-state index contributed by atoms with van der Waals surface area (Å²) in [5, 5.41) is 4.13. The highest BCUT2D eigenvalue weighted by Crippen LogP contribution is 2.27. The fourth-order valence-corrected chi connectivity index (χ4v) is 3.64. The second-order valence-electron chi connectivity index (χ2n) is 5.82. The summed E-state index contributed by atoms with van der Waals surface area (Å²) in [6, 6.07) is 13.4. The smallest absolute Gasteiger partial charge is 0.145 e. The quantitative estimate of drug-likeness (QED) is 0.842. The third kappa shape index (κ3) is 3.80. The topological polar surface area (TPSA) is 28.2 Å². The molecule has 5 heteroatoms. The Labute approximate surface area is 144 Å². The van der Waals surface area contributed by atoms with E-state index in [9.17, 15) is 0 Å². The lowest BCUT2D eigenvalue weighted by atomic mass is 10.2. The average molecular weight is 381 g/mol. The Morgan fingerprint density at radius 3 is 2.86 bits per heavy atom. The van der Waals surface area contributed by atoms with Crippen molar-refractivity contribution < 1.29 is 0 Å². The van der Waals surface area contributed by atoms with Crippen molar-refractivity contribution in [1.29, 1.82) is 0 Å². The molecule has 22 heavy (non-hydrogen) atoms. The monoisotopic (exact) mass is 379 g/mol. The SMILES string of the molecule is CC1CC(Nc2ncc(Br)cc2Cl)CN1Cc1ccccc1. The minimum Gasteiger partial charge on any atom is -0.365 e. The van der Waals surface area contributed by atoms with Gasteiger partial charge >= 0.3 is 0 Å². The van der Waals surface area contributed by atoms with Gasteiger partial charge in [-0.3, -0.25) is 4.90 Å². The minimum atomic E-state index is 0.380. The predicted octanol–water partition coefficient (Wildman–Crippen LogP) is 4.57. The first-order valence-electron chi connectivity index (χ1n) is 7.47. The van der Waals surface area contributed by atoms with Gasteiger partial charge in [0.05, 0.1) is 5.02 Å². The van der Waals surface area contributed by atoms with E-state index in [1.807, 2.05) is 6.07 Å². The van der Waals surface area contributed by atoms with Crippen molar-refractivity contribution in [2.24, 2.45) is 0 Å². The predicted molar refractivity (Wildman–Crippen MR) is 95.3 cm³/mol. The van der Waals surface area contributed by atoms with Crippen LogP contribution in [0.15, 0.2) is 47.1 Å². The van der Waals surface area contributed by atoms with E-state index in [0.29, 0.717) is 17.1 Å². The molecule has 1 aromatic heterocycles. The van der Waals surface area contributed by atoms with E-state index in [1.165, 1.54) is 5.56 Å². The van der Waals surface area contributed by atoms with E-state index in [4.69, 9.17) is 11.6 Å². The van der Waals surface area contributed by atoms with Crippen LogP contribution in [0.2, 0.25) is 5.02 Å². The van der Waals surface area contributed by atoms with Crippen molar-refractivity contribution >= 4 is 33.3 Å². The molecular weight excluding hydrogens is 362 g/mol. The zero-order chi connectivity index (χ0) is 15.5. The average Bonchev–Trinajstić information content (AvgIpc) is 2.83. The van der Waals surface area contributed by atoms with Crippen molar-refractivity contribution in [3.05, 3.63) is 57.7 Å². The molecule has 1 saturated heterocycles. The first kappa shape index (κ1) is 15.8. The van der Waals surface area contributed by atoms with Gasteiger partial charge in [0.25, 0.3) is 0 Å². The molecule has 0 amide bonds. The lowest BCUT2D eigenvalue weighted by Crippen LogP contribution is -2.28. The molecule has 0 spiro atoms. The number of pyridine rings is 1. The highest BCUT2D eigenvalue weighted by Gasteiger charge is 2.29. The molecule has 1 aliphatic heterocycles. The maximum absolute atomic E-state index is 6.24. The molecule has 0 aliphatic carbocycles. The minimum absolute atomic E-state index is 0.380. The Hall–Kier alpha value is -1.10. The van der Waals surface area contributed by atoms with Gasteiger partial charge in [0.1, 0.15) is 5.82 Å². The van der Waals surface area contributed by atoms with Crippen LogP contribution in [0.4, 0.5) is 5.82 Å². The van der Waals surface area contributed by atoms with Crippen LogP contribution in [-0.4, -0.2) is 28.5 Å². The molecule has 0 bridgehead atoms. The van der Waals surface area contributed by atoms with E-state index >= 15 is 0 Å². The number of rotatable bonds is 4. The van der Waals surface area contributed by atoms with Gasteiger partial charge in [-0.25, -0.2) is 4.98 Å². The van der Waals surface area contributed by atoms with E-state index in [1.54, 1.807) is 6.20 Å². The zero-order valence-corrected chi connectivity index (χ0v) is 14.8. The van der Waals surface area contributed by atoms with Crippen LogP contribution in [0, 0.1) is 0 Å². The lowest BCUT2D eigenvalue weighted by molar-refractivity contribution is 0.259. The van der Waals surface area contributed by atoms with Crippen molar-refractivity contribution in [2.45, 2.75) is 32.0 Å². The lowest BCUT2D eigenvalue weighted by Gasteiger charge is -2.21. The molecule has 1 fully saturated rings. The summed E-state index contributed by atoms with van der Waals surface area (Å²) in [6.07, 6.45) is 2.87. The Bertz CT molecular complexity index is 635. The van der Waals surface area contributed by atoms with E-state index < -0.39 is 0 Å².